The van der Waals surface area contributed by atoms with Gasteiger partial charge >= 0.3 is 0 Å². The minimum atomic E-state index is 0.299. The predicted octanol–water partition coefficient (Wildman–Crippen LogP) is 2.48. The van der Waals surface area contributed by atoms with Crippen LogP contribution in [0.1, 0.15) is 37.6 Å². The molecule has 2 heterocycles. The molecule has 2 unspecified atom stereocenters. The second kappa shape index (κ2) is 9.90. The summed E-state index contributed by atoms with van der Waals surface area (Å²) in [7, 11) is 1.83. The van der Waals surface area contributed by atoms with Gasteiger partial charge in [0.15, 0.2) is 5.96 Å². The molecule has 1 aliphatic heterocycles. The van der Waals surface area contributed by atoms with Crippen LogP contribution in [0.5, 0.6) is 0 Å². The van der Waals surface area contributed by atoms with E-state index in [1.165, 1.54) is 11.3 Å². The van der Waals surface area contributed by atoms with Crippen molar-refractivity contribution in [3.8, 4) is 0 Å². The Hall–Kier alpha value is -1.11. The molecular formula is C17H30N4OS. The number of thiophene rings is 1. The van der Waals surface area contributed by atoms with E-state index in [1.807, 2.05) is 18.4 Å². The number of aliphatic imine (C=N–C) groups is 1. The summed E-state index contributed by atoms with van der Waals surface area (Å²) < 4.78 is 5.69. The second-order valence-electron chi connectivity index (χ2n) is 5.94. The van der Waals surface area contributed by atoms with Gasteiger partial charge in [-0.3, -0.25) is 9.89 Å². The van der Waals surface area contributed by atoms with Crippen molar-refractivity contribution in [2.75, 3.05) is 39.8 Å². The molecule has 1 aromatic rings. The Balaban J connectivity index is 1.95. The van der Waals surface area contributed by atoms with E-state index >= 15 is 0 Å². The summed E-state index contributed by atoms with van der Waals surface area (Å²) in [4.78, 5) is 8.25. The standard InChI is InChI=1S/C17H30N4OS/c1-4-5-8-19-17(18-3)20-12-15(16-7-6-11-23-16)21-9-10-22-14(2)13-21/h6-7,11,14-15H,4-5,8-10,12-13H2,1-3H3,(H2,18,19,20). The van der Waals surface area contributed by atoms with Crippen LogP contribution in [0.15, 0.2) is 22.5 Å². The van der Waals surface area contributed by atoms with E-state index in [0.29, 0.717) is 12.1 Å². The first-order valence-corrected chi connectivity index (χ1v) is 9.46. The first kappa shape index (κ1) is 18.2. The van der Waals surface area contributed by atoms with Crippen LogP contribution < -0.4 is 10.6 Å². The monoisotopic (exact) mass is 338 g/mol. The van der Waals surface area contributed by atoms with Crippen LogP contribution in [0.2, 0.25) is 0 Å². The number of morpholine rings is 1. The highest BCUT2D eigenvalue weighted by molar-refractivity contribution is 7.10. The molecular weight excluding hydrogens is 308 g/mol. The second-order valence-corrected chi connectivity index (χ2v) is 6.92. The quantitative estimate of drug-likeness (QED) is 0.456. The fourth-order valence-corrected chi connectivity index (χ4v) is 3.68. The van der Waals surface area contributed by atoms with E-state index in [2.05, 4.69) is 51.9 Å². The molecule has 0 aromatic carbocycles. The molecule has 0 aliphatic carbocycles. The summed E-state index contributed by atoms with van der Waals surface area (Å²) in [6.07, 6.45) is 2.65. The Labute approximate surface area is 144 Å². The lowest BCUT2D eigenvalue weighted by Crippen LogP contribution is -2.48. The Morgan fingerprint density at radius 2 is 2.39 bits per heavy atom. The van der Waals surface area contributed by atoms with Crippen molar-refractivity contribution >= 4 is 17.3 Å². The van der Waals surface area contributed by atoms with E-state index in [4.69, 9.17) is 4.74 Å². The normalized spacial score (nSPS) is 21.2. The van der Waals surface area contributed by atoms with Crippen LogP contribution in [0.4, 0.5) is 0 Å². The van der Waals surface area contributed by atoms with Gasteiger partial charge in [-0.1, -0.05) is 19.4 Å². The molecule has 0 spiro atoms. The summed E-state index contributed by atoms with van der Waals surface area (Å²) in [6.45, 7) is 8.95. The van der Waals surface area contributed by atoms with Gasteiger partial charge in [0.2, 0.25) is 0 Å². The largest absolute Gasteiger partial charge is 0.376 e. The third-order valence-electron chi connectivity index (χ3n) is 4.09. The Bertz CT molecular complexity index is 463. The molecule has 1 fully saturated rings. The highest BCUT2D eigenvalue weighted by Gasteiger charge is 2.26. The van der Waals surface area contributed by atoms with Crippen LogP contribution in [-0.4, -0.2) is 56.8 Å². The molecule has 1 aliphatic rings. The van der Waals surface area contributed by atoms with Gasteiger partial charge in [0.05, 0.1) is 18.8 Å². The summed E-state index contributed by atoms with van der Waals surface area (Å²) in [5, 5.41) is 9.03. The van der Waals surface area contributed by atoms with Crippen LogP contribution in [0.3, 0.4) is 0 Å². The maximum atomic E-state index is 5.69. The maximum Gasteiger partial charge on any atom is 0.191 e. The van der Waals surface area contributed by atoms with Crippen LogP contribution >= 0.6 is 11.3 Å². The number of nitrogens with zero attached hydrogens (tertiary/aromatic N) is 2. The number of unbranched alkanes of at least 4 members (excludes halogenated alkanes) is 1. The zero-order chi connectivity index (χ0) is 16.5. The predicted molar refractivity (Wildman–Crippen MR) is 98.3 cm³/mol. The molecule has 0 bridgehead atoms. The van der Waals surface area contributed by atoms with Crippen LogP contribution in [0.25, 0.3) is 0 Å². The first-order chi connectivity index (χ1) is 11.2. The van der Waals surface area contributed by atoms with Crippen molar-refractivity contribution in [2.24, 2.45) is 4.99 Å². The molecule has 130 valence electrons. The lowest BCUT2D eigenvalue weighted by molar-refractivity contribution is -0.0334. The van der Waals surface area contributed by atoms with Crippen LogP contribution in [0, 0.1) is 0 Å². The van der Waals surface area contributed by atoms with E-state index in [-0.39, 0.29) is 0 Å². The van der Waals surface area contributed by atoms with Crippen molar-refractivity contribution in [1.82, 2.24) is 15.5 Å². The third-order valence-corrected chi connectivity index (χ3v) is 5.07. The molecule has 2 atom stereocenters. The molecule has 0 saturated carbocycles. The van der Waals surface area contributed by atoms with E-state index in [9.17, 15) is 0 Å². The van der Waals surface area contributed by atoms with Gasteiger partial charge in [-0.15, -0.1) is 11.3 Å². The number of ether oxygens (including phenoxy) is 1. The first-order valence-electron chi connectivity index (χ1n) is 8.58. The average Bonchev–Trinajstić information content (AvgIpc) is 3.08. The molecule has 6 heteroatoms. The van der Waals surface area contributed by atoms with Gasteiger partial charge in [-0.05, 0) is 24.8 Å². The molecule has 0 amide bonds. The van der Waals surface area contributed by atoms with Crippen molar-refractivity contribution in [3.63, 3.8) is 0 Å². The van der Waals surface area contributed by atoms with Crippen molar-refractivity contribution in [3.05, 3.63) is 22.4 Å². The molecule has 1 saturated heterocycles. The summed E-state index contributed by atoms with van der Waals surface area (Å²) >= 11 is 1.82. The number of hydrogen-bond acceptors (Lipinski definition) is 4. The summed E-state index contributed by atoms with van der Waals surface area (Å²) in [5.74, 6) is 0.890. The van der Waals surface area contributed by atoms with Crippen molar-refractivity contribution < 1.29 is 4.74 Å². The van der Waals surface area contributed by atoms with Crippen molar-refractivity contribution in [2.45, 2.75) is 38.8 Å². The minimum Gasteiger partial charge on any atom is -0.376 e. The molecule has 2 N–H and O–H groups in total. The fraction of sp³-hybridized carbons (Fsp3) is 0.706. The average molecular weight is 339 g/mol. The molecule has 2 rings (SSSR count). The van der Waals surface area contributed by atoms with E-state index in [0.717, 1.165) is 45.2 Å². The van der Waals surface area contributed by atoms with Gasteiger partial charge < -0.3 is 15.4 Å². The van der Waals surface area contributed by atoms with Gasteiger partial charge in [-0.2, -0.15) is 0 Å². The number of guanidine groups is 1. The molecule has 23 heavy (non-hydrogen) atoms. The Kier molecular flexibility index (Phi) is 7.85. The lowest BCUT2D eigenvalue weighted by Gasteiger charge is -2.37. The van der Waals surface area contributed by atoms with E-state index in [1.54, 1.807) is 0 Å². The van der Waals surface area contributed by atoms with Gasteiger partial charge in [0.25, 0.3) is 0 Å². The number of nitrogens with one attached hydrogen (secondary N) is 2. The fourth-order valence-electron chi connectivity index (χ4n) is 2.82. The number of hydrogen-bond donors (Lipinski definition) is 2. The van der Waals surface area contributed by atoms with Gasteiger partial charge in [0, 0.05) is 38.1 Å². The lowest BCUT2D eigenvalue weighted by atomic mass is 10.1. The Morgan fingerprint density at radius 3 is 3.04 bits per heavy atom. The zero-order valence-electron chi connectivity index (χ0n) is 14.5. The number of rotatable bonds is 7. The topological polar surface area (TPSA) is 48.9 Å². The van der Waals surface area contributed by atoms with Gasteiger partial charge in [0.1, 0.15) is 0 Å². The zero-order valence-corrected chi connectivity index (χ0v) is 15.4. The van der Waals surface area contributed by atoms with Gasteiger partial charge in [-0.25, -0.2) is 0 Å². The highest BCUT2D eigenvalue weighted by Crippen LogP contribution is 2.26. The van der Waals surface area contributed by atoms with Crippen LogP contribution in [-0.2, 0) is 4.74 Å². The summed E-state index contributed by atoms with van der Waals surface area (Å²) in [6, 6.07) is 4.72. The highest BCUT2D eigenvalue weighted by atomic mass is 32.1. The smallest absolute Gasteiger partial charge is 0.191 e. The maximum absolute atomic E-state index is 5.69. The Morgan fingerprint density at radius 1 is 1.52 bits per heavy atom. The third kappa shape index (κ3) is 5.79. The molecule has 0 radical (unpaired) electrons. The van der Waals surface area contributed by atoms with Crippen molar-refractivity contribution in [1.29, 1.82) is 0 Å². The summed E-state index contributed by atoms with van der Waals surface area (Å²) in [5.41, 5.74) is 0. The molecule has 5 nitrogen and oxygen atoms in total. The van der Waals surface area contributed by atoms with E-state index < -0.39 is 0 Å². The minimum absolute atomic E-state index is 0.299. The molecule has 1 aromatic heterocycles. The SMILES string of the molecule is CCCCNC(=NC)NCC(c1cccs1)N1CCOC(C)C1.